The van der Waals surface area contributed by atoms with E-state index in [1.54, 1.807) is 48.1 Å². The van der Waals surface area contributed by atoms with Crippen molar-refractivity contribution in [3.63, 3.8) is 0 Å². The molecule has 0 radical (unpaired) electrons. The molecule has 0 saturated carbocycles. The Bertz CT molecular complexity index is 956. The number of halogens is 2. The van der Waals surface area contributed by atoms with Crippen LogP contribution in [0.25, 0.3) is 11.0 Å². The predicted octanol–water partition coefficient (Wildman–Crippen LogP) is 2.33. The standard InChI is InChI=1S/C15H15Cl2N7O/c1-23(7-12(25)20-8-3-4-10(16)11(17)5-8)15-21-13(18)9-6-19-24(2)14(9)22-15/h3-6H,7H2,1-2H3,(H,20,25)(H2,18,21,22). The van der Waals surface area contributed by atoms with Crippen LogP contribution in [0.5, 0.6) is 0 Å². The van der Waals surface area contributed by atoms with Crippen LogP contribution in [-0.4, -0.2) is 39.2 Å². The summed E-state index contributed by atoms with van der Waals surface area (Å²) >= 11 is 11.8. The molecule has 0 spiro atoms. The number of hydrogen-bond acceptors (Lipinski definition) is 6. The van der Waals surface area contributed by atoms with Crippen molar-refractivity contribution in [2.24, 2.45) is 7.05 Å². The van der Waals surface area contributed by atoms with E-state index in [1.807, 2.05) is 0 Å². The summed E-state index contributed by atoms with van der Waals surface area (Å²) in [4.78, 5) is 22.4. The summed E-state index contributed by atoms with van der Waals surface area (Å²) in [5.41, 5.74) is 7.08. The minimum Gasteiger partial charge on any atom is -0.383 e. The van der Waals surface area contributed by atoms with Gasteiger partial charge in [0.1, 0.15) is 5.82 Å². The first-order valence-corrected chi connectivity index (χ1v) is 8.02. The van der Waals surface area contributed by atoms with Crippen LogP contribution < -0.4 is 16.0 Å². The largest absolute Gasteiger partial charge is 0.383 e. The van der Waals surface area contributed by atoms with Gasteiger partial charge in [0.15, 0.2) is 5.65 Å². The van der Waals surface area contributed by atoms with E-state index >= 15 is 0 Å². The van der Waals surface area contributed by atoms with Gasteiger partial charge in [-0.2, -0.15) is 15.1 Å². The Hall–Kier alpha value is -2.58. The lowest BCUT2D eigenvalue weighted by Gasteiger charge is -2.17. The van der Waals surface area contributed by atoms with Crippen molar-refractivity contribution in [3.05, 3.63) is 34.4 Å². The number of carbonyl (C=O) groups excluding carboxylic acids is 1. The molecule has 0 aliphatic carbocycles. The smallest absolute Gasteiger partial charge is 0.243 e. The van der Waals surface area contributed by atoms with E-state index in [4.69, 9.17) is 28.9 Å². The van der Waals surface area contributed by atoms with Gasteiger partial charge < -0.3 is 16.0 Å². The van der Waals surface area contributed by atoms with Gasteiger partial charge in [-0.15, -0.1) is 0 Å². The second kappa shape index (κ2) is 6.73. The summed E-state index contributed by atoms with van der Waals surface area (Å²) in [6.45, 7) is 0.0308. The molecule has 3 N–H and O–H groups in total. The molecule has 8 nitrogen and oxygen atoms in total. The Kier molecular flexibility index (Phi) is 4.65. The van der Waals surface area contributed by atoms with E-state index < -0.39 is 0 Å². The molecule has 2 heterocycles. The average Bonchev–Trinajstić information content (AvgIpc) is 2.93. The highest BCUT2D eigenvalue weighted by Gasteiger charge is 2.15. The molecule has 3 rings (SSSR count). The second-order valence-electron chi connectivity index (χ2n) is 5.45. The third-order valence-electron chi connectivity index (χ3n) is 3.54. The molecule has 2 aromatic heterocycles. The molecule has 0 aliphatic rings. The molecule has 0 unspecified atom stereocenters. The van der Waals surface area contributed by atoms with Crippen molar-refractivity contribution in [1.82, 2.24) is 19.7 Å². The Morgan fingerprint density at radius 2 is 2.08 bits per heavy atom. The number of rotatable bonds is 4. The van der Waals surface area contributed by atoms with E-state index in [2.05, 4.69) is 20.4 Å². The van der Waals surface area contributed by atoms with Gasteiger partial charge in [0.05, 0.1) is 28.2 Å². The zero-order valence-corrected chi connectivity index (χ0v) is 15.0. The average molecular weight is 380 g/mol. The van der Waals surface area contributed by atoms with Crippen molar-refractivity contribution < 1.29 is 4.79 Å². The number of hydrogen-bond donors (Lipinski definition) is 2. The SMILES string of the molecule is CN(CC(=O)Nc1ccc(Cl)c(Cl)c1)c1nc(N)c2cnn(C)c2n1. The lowest BCUT2D eigenvalue weighted by molar-refractivity contribution is -0.114. The van der Waals surface area contributed by atoms with Crippen molar-refractivity contribution in [1.29, 1.82) is 0 Å². The van der Waals surface area contributed by atoms with Gasteiger partial charge in [0, 0.05) is 19.8 Å². The number of aryl methyl sites for hydroxylation is 1. The van der Waals surface area contributed by atoms with Crippen LogP contribution in [0.2, 0.25) is 10.0 Å². The molecule has 1 aromatic carbocycles. The number of likely N-dealkylation sites (N-methyl/N-ethyl adjacent to an activating group) is 1. The lowest BCUT2D eigenvalue weighted by atomic mass is 10.3. The van der Waals surface area contributed by atoms with E-state index in [9.17, 15) is 4.79 Å². The molecule has 0 fully saturated rings. The summed E-state index contributed by atoms with van der Waals surface area (Å²) in [5, 5.41) is 8.30. The van der Waals surface area contributed by atoms with Crippen LogP contribution in [0.4, 0.5) is 17.5 Å². The van der Waals surface area contributed by atoms with Crippen molar-refractivity contribution in [2.45, 2.75) is 0 Å². The fourth-order valence-electron chi connectivity index (χ4n) is 2.26. The third kappa shape index (κ3) is 3.59. The Labute approximate surface area is 153 Å². The lowest BCUT2D eigenvalue weighted by Crippen LogP contribution is -2.31. The first-order valence-electron chi connectivity index (χ1n) is 7.26. The summed E-state index contributed by atoms with van der Waals surface area (Å²) in [6.07, 6.45) is 1.60. The summed E-state index contributed by atoms with van der Waals surface area (Å²) in [7, 11) is 3.46. The topological polar surface area (TPSA) is 102 Å². The zero-order chi connectivity index (χ0) is 18.1. The highest BCUT2D eigenvalue weighted by Crippen LogP contribution is 2.25. The van der Waals surface area contributed by atoms with E-state index in [-0.39, 0.29) is 12.5 Å². The molecule has 3 aromatic rings. The fraction of sp³-hybridized carbons (Fsp3) is 0.200. The number of nitrogens with one attached hydrogen (secondary N) is 1. The van der Waals surface area contributed by atoms with Gasteiger partial charge in [-0.25, -0.2) is 0 Å². The van der Waals surface area contributed by atoms with Gasteiger partial charge in [0.25, 0.3) is 0 Å². The van der Waals surface area contributed by atoms with E-state index in [1.165, 1.54) is 0 Å². The molecular weight excluding hydrogens is 365 g/mol. The molecule has 130 valence electrons. The molecule has 0 bridgehead atoms. The molecule has 0 saturated heterocycles. The minimum atomic E-state index is -0.256. The van der Waals surface area contributed by atoms with Gasteiger partial charge in [-0.05, 0) is 18.2 Å². The highest BCUT2D eigenvalue weighted by atomic mass is 35.5. The van der Waals surface area contributed by atoms with E-state index in [0.29, 0.717) is 38.5 Å². The number of nitrogens with zero attached hydrogens (tertiary/aromatic N) is 5. The van der Waals surface area contributed by atoms with Crippen LogP contribution in [0.1, 0.15) is 0 Å². The fourth-order valence-corrected chi connectivity index (χ4v) is 2.56. The maximum absolute atomic E-state index is 12.2. The van der Waals surface area contributed by atoms with Crippen LogP contribution in [0, 0.1) is 0 Å². The first kappa shape index (κ1) is 17.2. The first-order chi connectivity index (χ1) is 11.8. The number of anilines is 3. The molecular formula is C15H15Cl2N7O. The van der Waals surface area contributed by atoms with Gasteiger partial charge >= 0.3 is 0 Å². The Morgan fingerprint density at radius 3 is 2.80 bits per heavy atom. The van der Waals surface area contributed by atoms with Gasteiger partial charge in [0.2, 0.25) is 11.9 Å². The molecule has 25 heavy (non-hydrogen) atoms. The van der Waals surface area contributed by atoms with Crippen molar-refractivity contribution >= 4 is 57.6 Å². The number of carbonyl (C=O) groups is 1. The van der Waals surface area contributed by atoms with Crippen LogP contribution in [0.15, 0.2) is 24.4 Å². The summed E-state index contributed by atoms with van der Waals surface area (Å²) in [5.74, 6) is 0.385. The molecule has 0 aliphatic heterocycles. The van der Waals surface area contributed by atoms with Crippen LogP contribution in [-0.2, 0) is 11.8 Å². The van der Waals surface area contributed by atoms with Crippen LogP contribution in [0.3, 0.4) is 0 Å². The normalized spacial score (nSPS) is 10.9. The molecule has 0 atom stereocenters. The highest BCUT2D eigenvalue weighted by molar-refractivity contribution is 6.42. The maximum Gasteiger partial charge on any atom is 0.243 e. The number of nitrogen functional groups attached to an aromatic ring is 1. The maximum atomic E-state index is 12.2. The van der Waals surface area contributed by atoms with E-state index in [0.717, 1.165) is 0 Å². The van der Waals surface area contributed by atoms with Gasteiger partial charge in [-0.1, -0.05) is 23.2 Å². The Morgan fingerprint density at radius 1 is 1.32 bits per heavy atom. The van der Waals surface area contributed by atoms with Gasteiger partial charge in [-0.3, -0.25) is 9.48 Å². The van der Waals surface area contributed by atoms with Crippen molar-refractivity contribution in [3.8, 4) is 0 Å². The number of aromatic nitrogens is 4. The predicted molar refractivity (Wildman–Crippen MR) is 99.1 cm³/mol. The summed E-state index contributed by atoms with van der Waals surface area (Å²) in [6, 6.07) is 4.86. The quantitative estimate of drug-likeness (QED) is 0.720. The number of fused-ring (bicyclic) bond motifs is 1. The summed E-state index contributed by atoms with van der Waals surface area (Å²) < 4.78 is 1.60. The Balaban J connectivity index is 1.75. The number of nitrogens with two attached hydrogens (primary N) is 1. The number of benzene rings is 1. The molecule has 1 amide bonds. The third-order valence-corrected chi connectivity index (χ3v) is 4.27. The minimum absolute atomic E-state index is 0.0308. The zero-order valence-electron chi connectivity index (χ0n) is 13.5. The molecule has 10 heteroatoms. The van der Waals surface area contributed by atoms with Crippen LogP contribution >= 0.6 is 23.2 Å². The van der Waals surface area contributed by atoms with Crippen molar-refractivity contribution in [2.75, 3.05) is 29.5 Å². The number of amides is 1. The second-order valence-corrected chi connectivity index (χ2v) is 6.26. The monoisotopic (exact) mass is 379 g/mol.